The van der Waals surface area contributed by atoms with Gasteiger partial charge in [-0.1, -0.05) is 30.2 Å². The number of rotatable bonds is 3. The van der Waals surface area contributed by atoms with Crippen LogP contribution in [0.4, 0.5) is 0 Å². The predicted molar refractivity (Wildman–Crippen MR) is 68.6 cm³/mol. The van der Waals surface area contributed by atoms with E-state index in [4.69, 9.17) is 0 Å². The fourth-order valence-corrected chi connectivity index (χ4v) is 1.60. The van der Waals surface area contributed by atoms with E-state index in [1.807, 2.05) is 24.3 Å². The molecule has 16 heavy (non-hydrogen) atoms. The van der Waals surface area contributed by atoms with E-state index < -0.39 is 0 Å². The average Bonchev–Trinajstić information content (AvgIpc) is 2.29. The lowest BCUT2D eigenvalue weighted by molar-refractivity contribution is -0.140. The van der Waals surface area contributed by atoms with E-state index in [2.05, 4.69) is 25.8 Å². The monoisotopic (exact) mass is 234 g/mol. The summed E-state index contributed by atoms with van der Waals surface area (Å²) in [6.07, 6.45) is 0.299. The minimum Gasteiger partial charge on any atom is -0.469 e. The standard InChI is InChI=1S/C13H15O2P/c1-3-4-11(9-13(14)15-2)10-5-7-12(16)8-6-10/h5-8,11H,9,16H2,1-2H3/t11-/m0/s1. The molecule has 0 aliphatic heterocycles. The molecule has 0 aliphatic rings. The van der Waals surface area contributed by atoms with Gasteiger partial charge in [0.15, 0.2) is 0 Å². The molecule has 0 spiro atoms. The Labute approximate surface area is 98.6 Å². The lowest BCUT2D eigenvalue weighted by atomic mass is 9.96. The molecule has 0 amide bonds. The molecule has 0 bridgehead atoms. The van der Waals surface area contributed by atoms with Gasteiger partial charge in [-0.05, 0) is 17.8 Å². The van der Waals surface area contributed by atoms with Crippen LogP contribution >= 0.6 is 9.24 Å². The zero-order chi connectivity index (χ0) is 12.0. The van der Waals surface area contributed by atoms with Crippen LogP contribution in [0.25, 0.3) is 0 Å². The first-order chi connectivity index (χ1) is 7.67. The maximum absolute atomic E-state index is 11.2. The van der Waals surface area contributed by atoms with E-state index in [1.165, 1.54) is 7.11 Å². The summed E-state index contributed by atoms with van der Waals surface area (Å²) in [6.45, 7) is 1.77. The van der Waals surface area contributed by atoms with Crippen LogP contribution in [0.2, 0.25) is 0 Å². The zero-order valence-corrected chi connectivity index (χ0v) is 10.6. The number of esters is 1. The fourth-order valence-electron chi connectivity index (χ4n) is 1.40. The number of hydrogen-bond acceptors (Lipinski definition) is 2. The second-order valence-corrected chi connectivity index (χ2v) is 4.06. The summed E-state index contributed by atoms with van der Waals surface area (Å²) in [5.74, 6) is 5.56. The minimum absolute atomic E-state index is 0.0805. The highest BCUT2D eigenvalue weighted by Gasteiger charge is 2.13. The van der Waals surface area contributed by atoms with E-state index in [-0.39, 0.29) is 11.9 Å². The quantitative estimate of drug-likeness (QED) is 0.453. The topological polar surface area (TPSA) is 26.3 Å². The number of benzene rings is 1. The maximum atomic E-state index is 11.2. The molecule has 1 aromatic carbocycles. The average molecular weight is 234 g/mol. The number of carbonyl (C=O) groups is 1. The Balaban J connectivity index is 2.88. The van der Waals surface area contributed by atoms with Gasteiger partial charge in [0.2, 0.25) is 0 Å². The molecule has 1 unspecified atom stereocenters. The summed E-state index contributed by atoms with van der Waals surface area (Å²) in [5, 5.41) is 1.12. The van der Waals surface area contributed by atoms with E-state index in [9.17, 15) is 4.79 Å². The van der Waals surface area contributed by atoms with Gasteiger partial charge in [-0.3, -0.25) is 4.79 Å². The molecule has 0 fully saturated rings. The third-order valence-electron chi connectivity index (χ3n) is 2.26. The summed E-state index contributed by atoms with van der Waals surface area (Å²) >= 11 is 0. The van der Waals surface area contributed by atoms with Crippen LogP contribution in [0.5, 0.6) is 0 Å². The molecule has 1 rings (SSSR count). The molecular formula is C13H15O2P. The Morgan fingerprint density at radius 2 is 2.06 bits per heavy atom. The molecule has 0 saturated heterocycles. The minimum atomic E-state index is -0.234. The zero-order valence-electron chi connectivity index (χ0n) is 9.49. The van der Waals surface area contributed by atoms with Gasteiger partial charge in [0, 0.05) is 0 Å². The van der Waals surface area contributed by atoms with Crippen LogP contribution in [0.15, 0.2) is 24.3 Å². The normalized spacial score (nSPS) is 11.2. The van der Waals surface area contributed by atoms with Crippen molar-refractivity contribution in [3.8, 4) is 11.8 Å². The largest absolute Gasteiger partial charge is 0.469 e. The Morgan fingerprint density at radius 3 is 2.56 bits per heavy atom. The van der Waals surface area contributed by atoms with Crippen molar-refractivity contribution in [1.29, 1.82) is 0 Å². The molecular weight excluding hydrogens is 219 g/mol. The molecule has 0 N–H and O–H groups in total. The molecule has 0 heterocycles. The smallest absolute Gasteiger partial charge is 0.307 e. The number of carbonyl (C=O) groups excluding carboxylic acids is 1. The summed E-state index contributed by atoms with van der Waals surface area (Å²) in [6, 6.07) is 7.95. The summed E-state index contributed by atoms with van der Waals surface area (Å²) < 4.78 is 4.66. The van der Waals surface area contributed by atoms with Gasteiger partial charge in [0.05, 0.1) is 19.4 Å². The second kappa shape index (κ2) is 6.30. The van der Waals surface area contributed by atoms with Crippen molar-refractivity contribution < 1.29 is 9.53 Å². The van der Waals surface area contributed by atoms with Crippen LogP contribution in [-0.2, 0) is 9.53 Å². The van der Waals surface area contributed by atoms with Crippen LogP contribution in [-0.4, -0.2) is 13.1 Å². The van der Waals surface area contributed by atoms with Crippen molar-refractivity contribution in [2.24, 2.45) is 0 Å². The Kier molecular flexibility index (Phi) is 5.02. The Bertz CT molecular complexity index is 412. The Morgan fingerprint density at radius 1 is 1.44 bits per heavy atom. The maximum Gasteiger partial charge on any atom is 0.307 e. The summed E-state index contributed by atoms with van der Waals surface area (Å²) in [5.41, 5.74) is 1.05. The van der Waals surface area contributed by atoms with Gasteiger partial charge in [-0.25, -0.2) is 0 Å². The van der Waals surface area contributed by atoms with Crippen molar-refractivity contribution in [1.82, 2.24) is 0 Å². The van der Waals surface area contributed by atoms with E-state index in [0.717, 1.165) is 10.9 Å². The van der Waals surface area contributed by atoms with Gasteiger partial charge in [-0.15, -0.1) is 15.2 Å². The summed E-state index contributed by atoms with van der Waals surface area (Å²) in [7, 11) is 4.02. The first kappa shape index (κ1) is 12.7. The highest BCUT2D eigenvalue weighted by atomic mass is 31.0. The number of ether oxygens (including phenoxy) is 1. The van der Waals surface area contributed by atoms with Gasteiger partial charge in [0.25, 0.3) is 0 Å². The first-order valence-corrected chi connectivity index (χ1v) is 5.59. The second-order valence-electron chi connectivity index (χ2n) is 3.39. The molecule has 2 nitrogen and oxygen atoms in total. The molecule has 0 saturated carbocycles. The van der Waals surface area contributed by atoms with Crippen LogP contribution in [0.1, 0.15) is 24.8 Å². The molecule has 0 aromatic heterocycles. The SMILES string of the molecule is CC#C[C@@H](CC(=O)OC)c1ccc(P)cc1. The molecule has 2 atom stereocenters. The van der Waals surface area contributed by atoms with Gasteiger partial charge in [0.1, 0.15) is 0 Å². The molecule has 0 radical (unpaired) electrons. The van der Waals surface area contributed by atoms with Crippen molar-refractivity contribution in [3.63, 3.8) is 0 Å². The highest BCUT2D eigenvalue weighted by molar-refractivity contribution is 7.27. The molecule has 84 valence electrons. The predicted octanol–water partition coefficient (Wildman–Crippen LogP) is 1.86. The fraction of sp³-hybridized carbons (Fsp3) is 0.308. The van der Waals surface area contributed by atoms with Crippen LogP contribution in [0, 0.1) is 11.8 Å². The van der Waals surface area contributed by atoms with Crippen LogP contribution < -0.4 is 5.30 Å². The van der Waals surface area contributed by atoms with Crippen molar-refractivity contribution in [2.45, 2.75) is 19.3 Å². The molecule has 1 aromatic rings. The molecule has 0 aliphatic carbocycles. The Hall–Kier alpha value is -1.32. The number of methoxy groups -OCH3 is 1. The first-order valence-electron chi connectivity index (χ1n) is 5.02. The van der Waals surface area contributed by atoms with E-state index in [1.54, 1.807) is 6.92 Å². The van der Waals surface area contributed by atoms with Gasteiger partial charge < -0.3 is 4.74 Å². The van der Waals surface area contributed by atoms with E-state index in [0.29, 0.717) is 6.42 Å². The lowest BCUT2D eigenvalue weighted by Gasteiger charge is -2.09. The third kappa shape index (κ3) is 3.68. The van der Waals surface area contributed by atoms with Gasteiger partial charge in [-0.2, -0.15) is 0 Å². The van der Waals surface area contributed by atoms with E-state index >= 15 is 0 Å². The van der Waals surface area contributed by atoms with Crippen molar-refractivity contribution >= 4 is 20.5 Å². The van der Waals surface area contributed by atoms with Crippen molar-refractivity contribution in [3.05, 3.63) is 29.8 Å². The van der Waals surface area contributed by atoms with Gasteiger partial charge >= 0.3 is 5.97 Å². The third-order valence-corrected chi connectivity index (χ3v) is 2.64. The number of hydrogen-bond donors (Lipinski definition) is 0. The molecule has 3 heteroatoms. The van der Waals surface area contributed by atoms with Crippen LogP contribution in [0.3, 0.4) is 0 Å². The summed E-state index contributed by atoms with van der Waals surface area (Å²) in [4.78, 5) is 11.2. The lowest BCUT2D eigenvalue weighted by Crippen LogP contribution is -2.08. The highest BCUT2D eigenvalue weighted by Crippen LogP contribution is 2.18. The van der Waals surface area contributed by atoms with Crippen molar-refractivity contribution in [2.75, 3.05) is 7.11 Å².